The van der Waals surface area contributed by atoms with E-state index in [4.69, 9.17) is 9.26 Å². The Morgan fingerprint density at radius 2 is 2.28 bits per heavy atom. The molecule has 0 radical (unpaired) electrons. The molecule has 2 unspecified atom stereocenters. The molecule has 0 amide bonds. The molecule has 1 aliphatic rings. The Hall–Kier alpha value is -0.940. The zero-order valence-electron chi connectivity index (χ0n) is 11.5. The Labute approximate surface area is 108 Å². The Balaban J connectivity index is 1.88. The summed E-state index contributed by atoms with van der Waals surface area (Å²) in [6, 6.07) is 0.383. The topological polar surface area (TPSA) is 60.2 Å². The second-order valence-electron chi connectivity index (χ2n) is 5.38. The molecule has 5 heteroatoms. The van der Waals surface area contributed by atoms with Gasteiger partial charge in [-0.05, 0) is 25.3 Å². The number of likely N-dealkylation sites (N-methyl/N-ethyl adjacent to an activating group) is 1. The summed E-state index contributed by atoms with van der Waals surface area (Å²) in [5, 5.41) is 7.34. The van der Waals surface area contributed by atoms with Gasteiger partial charge in [-0.15, -0.1) is 0 Å². The van der Waals surface area contributed by atoms with Crippen molar-refractivity contribution >= 4 is 0 Å². The van der Waals surface area contributed by atoms with Crippen LogP contribution >= 0.6 is 0 Å². The van der Waals surface area contributed by atoms with Crippen molar-refractivity contribution in [2.24, 2.45) is 11.8 Å². The summed E-state index contributed by atoms with van der Waals surface area (Å²) in [4.78, 5) is 4.47. The number of aromatic nitrogens is 2. The van der Waals surface area contributed by atoms with Gasteiger partial charge in [-0.3, -0.25) is 0 Å². The lowest BCUT2D eigenvalue weighted by Crippen LogP contribution is -2.32. The van der Waals surface area contributed by atoms with E-state index in [0.29, 0.717) is 17.9 Å². The zero-order valence-corrected chi connectivity index (χ0v) is 11.5. The average molecular weight is 253 g/mol. The van der Waals surface area contributed by atoms with Gasteiger partial charge in [0.2, 0.25) is 5.89 Å². The molecule has 5 nitrogen and oxygen atoms in total. The highest BCUT2D eigenvalue weighted by Gasteiger charge is 2.20. The van der Waals surface area contributed by atoms with Gasteiger partial charge in [0, 0.05) is 32.1 Å². The molecular formula is C13H23N3O2. The van der Waals surface area contributed by atoms with Gasteiger partial charge >= 0.3 is 0 Å². The van der Waals surface area contributed by atoms with Crippen molar-refractivity contribution in [3.05, 3.63) is 11.7 Å². The molecule has 0 aromatic carbocycles. The molecule has 0 aliphatic carbocycles. The summed E-state index contributed by atoms with van der Waals surface area (Å²) in [5.74, 6) is 2.66. The maximum absolute atomic E-state index is 5.35. The maximum Gasteiger partial charge on any atom is 0.228 e. The van der Waals surface area contributed by atoms with Crippen molar-refractivity contribution in [2.75, 3.05) is 20.3 Å². The van der Waals surface area contributed by atoms with E-state index in [1.165, 1.54) is 0 Å². The first-order valence-electron chi connectivity index (χ1n) is 6.75. The summed E-state index contributed by atoms with van der Waals surface area (Å²) < 4.78 is 10.7. The van der Waals surface area contributed by atoms with E-state index in [-0.39, 0.29) is 0 Å². The monoisotopic (exact) mass is 253 g/mol. The predicted molar refractivity (Wildman–Crippen MR) is 68.3 cm³/mol. The van der Waals surface area contributed by atoms with Gasteiger partial charge in [0.15, 0.2) is 5.82 Å². The molecule has 1 saturated heterocycles. The molecule has 0 saturated carbocycles. The summed E-state index contributed by atoms with van der Waals surface area (Å²) in [6.45, 7) is 6.07. The number of rotatable bonds is 6. The van der Waals surface area contributed by atoms with Crippen molar-refractivity contribution in [3.63, 3.8) is 0 Å². The van der Waals surface area contributed by atoms with Gasteiger partial charge < -0.3 is 14.6 Å². The van der Waals surface area contributed by atoms with Gasteiger partial charge in [-0.2, -0.15) is 4.98 Å². The van der Waals surface area contributed by atoms with E-state index in [2.05, 4.69) is 29.3 Å². The average Bonchev–Trinajstić information content (AvgIpc) is 2.98. The second kappa shape index (κ2) is 6.29. The number of hydrogen-bond acceptors (Lipinski definition) is 5. The van der Waals surface area contributed by atoms with Crippen molar-refractivity contribution in [3.8, 4) is 0 Å². The van der Waals surface area contributed by atoms with Gasteiger partial charge in [-0.25, -0.2) is 0 Å². The predicted octanol–water partition coefficient (Wildman–Crippen LogP) is 1.44. The maximum atomic E-state index is 5.35. The van der Waals surface area contributed by atoms with Crippen LogP contribution in [-0.4, -0.2) is 36.4 Å². The third-order valence-electron chi connectivity index (χ3n) is 3.58. The Morgan fingerprint density at radius 3 is 2.89 bits per heavy atom. The van der Waals surface area contributed by atoms with Crippen molar-refractivity contribution in [2.45, 2.75) is 39.2 Å². The highest BCUT2D eigenvalue weighted by Crippen LogP contribution is 2.17. The fourth-order valence-electron chi connectivity index (χ4n) is 2.32. The van der Waals surface area contributed by atoms with E-state index in [1.807, 2.05) is 7.05 Å². The molecule has 1 fully saturated rings. The Morgan fingerprint density at radius 1 is 1.44 bits per heavy atom. The quantitative estimate of drug-likeness (QED) is 0.831. The van der Waals surface area contributed by atoms with E-state index in [9.17, 15) is 0 Å². The van der Waals surface area contributed by atoms with Gasteiger partial charge in [0.05, 0.1) is 0 Å². The highest BCUT2D eigenvalue weighted by atomic mass is 16.5. The second-order valence-corrected chi connectivity index (χ2v) is 5.38. The Kier molecular flexibility index (Phi) is 4.72. The van der Waals surface area contributed by atoms with Crippen molar-refractivity contribution < 1.29 is 9.26 Å². The molecule has 102 valence electrons. The fourth-order valence-corrected chi connectivity index (χ4v) is 2.32. The number of hydrogen-bond donors (Lipinski definition) is 1. The summed E-state index contributed by atoms with van der Waals surface area (Å²) in [7, 11) is 1.97. The molecule has 2 atom stereocenters. The minimum atomic E-state index is 0.383. The van der Waals surface area contributed by atoms with Crippen LogP contribution in [-0.2, 0) is 17.6 Å². The van der Waals surface area contributed by atoms with E-state index < -0.39 is 0 Å². The Bertz CT molecular complexity index is 359. The highest BCUT2D eigenvalue weighted by molar-refractivity contribution is 4.92. The lowest BCUT2D eigenvalue weighted by atomic mass is 10.0. The minimum absolute atomic E-state index is 0.383. The molecule has 1 aromatic rings. The molecule has 18 heavy (non-hydrogen) atoms. The van der Waals surface area contributed by atoms with Crippen LogP contribution in [0.15, 0.2) is 4.52 Å². The van der Waals surface area contributed by atoms with Crippen molar-refractivity contribution in [1.29, 1.82) is 0 Å². The summed E-state index contributed by atoms with van der Waals surface area (Å²) >= 11 is 0. The molecule has 0 bridgehead atoms. The van der Waals surface area contributed by atoms with E-state index in [0.717, 1.165) is 44.2 Å². The van der Waals surface area contributed by atoms with Crippen LogP contribution in [0.2, 0.25) is 0 Å². The smallest absolute Gasteiger partial charge is 0.228 e. The fraction of sp³-hybridized carbons (Fsp3) is 0.846. The molecule has 1 N–H and O–H groups in total. The van der Waals surface area contributed by atoms with Crippen LogP contribution in [0.25, 0.3) is 0 Å². The third kappa shape index (κ3) is 3.53. The van der Waals surface area contributed by atoms with Crippen LogP contribution in [0.4, 0.5) is 0 Å². The minimum Gasteiger partial charge on any atom is -0.381 e. The van der Waals surface area contributed by atoms with Crippen LogP contribution in [0.5, 0.6) is 0 Å². The van der Waals surface area contributed by atoms with E-state index >= 15 is 0 Å². The van der Waals surface area contributed by atoms with Gasteiger partial charge in [0.25, 0.3) is 0 Å². The van der Waals surface area contributed by atoms with Crippen molar-refractivity contribution in [1.82, 2.24) is 15.5 Å². The largest absolute Gasteiger partial charge is 0.381 e. The molecular weight excluding hydrogens is 230 g/mol. The zero-order chi connectivity index (χ0) is 13.0. The van der Waals surface area contributed by atoms with Crippen LogP contribution in [0.3, 0.4) is 0 Å². The SMILES string of the molecule is CNC(Cc1nc(CC2CCOC2)no1)C(C)C. The van der Waals surface area contributed by atoms with Crippen LogP contribution in [0.1, 0.15) is 32.0 Å². The standard InChI is InChI=1S/C13H23N3O2/c1-9(2)11(14-3)7-13-15-12(16-18-13)6-10-4-5-17-8-10/h9-11,14H,4-8H2,1-3H3. The molecule has 1 aromatic heterocycles. The third-order valence-corrected chi connectivity index (χ3v) is 3.58. The normalized spacial score (nSPS) is 21.7. The summed E-state index contributed by atoms with van der Waals surface area (Å²) in [6.07, 6.45) is 2.77. The number of nitrogens with one attached hydrogen (secondary N) is 1. The number of nitrogens with zero attached hydrogens (tertiary/aromatic N) is 2. The molecule has 2 heterocycles. The number of ether oxygens (including phenoxy) is 1. The molecule has 0 spiro atoms. The lowest BCUT2D eigenvalue weighted by molar-refractivity contribution is 0.185. The lowest BCUT2D eigenvalue weighted by Gasteiger charge is -2.17. The summed E-state index contributed by atoms with van der Waals surface area (Å²) in [5.41, 5.74) is 0. The first-order chi connectivity index (χ1) is 8.69. The van der Waals surface area contributed by atoms with E-state index in [1.54, 1.807) is 0 Å². The van der Waals surface area contributed by atoms with Crippen LogP contribution < -0.4 is 5.32 Å². The first-order valence-corrected chi connectivity index (χ1v) is 6.75. The molecule has 2 rings (SSSR count). The van der Waals surface area contributed by atoms with Crippen LogP contribution in [0, 0.1) is 11.8 Å². The van der Waals surface area contributed by atoms with Gasteiger partial charge in [0.1, 0.15) is 0 Å². The van der Waals surface area contributed by atoms with Gasteiger partial charge in [-0.1, -0.05) is 19.0 Å². The first kappa shape index (κ1) is 13.5. The molecule has 1 aliphatic heterocycles.